The molecule has 6 nitrogen and oxygen atoms in total. The summed E-state index contributed by atoms with van der Waals surface area (Å²) in [6, 6.07) is 17.7. The Morgan fingerprint density at radius 3 is 1.93 bits per heavy atom. The van der Waals surface area contributed by atoms with Crippen LogP contribution in [0.25, 0.3) is 0 Å². The van der Waals surface area contributed by atoms with Crippen molar-refractivity contribution in [1.82, 2.24) is 4.90 Å². The molecule has 0 radical (unpaired) electrons. The van der Waals surface area contributed by atoms with Crippen molar-refractivity contribution < 1.29 is 19.1 Å². The summed E-state index contributed by atoms with van der Waals surface area (Å²) in [6.45, 7) is 6.02. The third-order valence-corrected chi connectivity index (χ3v) is 4.35. The number of benzene rings is 2. The van der Waals surface area contributed by atoms with Gasteiger partial charge in [-0.15, -0.1) is 0 Å². The molecule has 0 bridgehead atoms. The Bertz CT molecular complexity index is 789. The number of ether oxygens (including phenoxy) is 1. The highest BCUT2D eigenvalue weighted by atomic mass is 16.5. The molecule has 0 heterocycles. The molecule has 2 aromatic carbocycles. The van der Waals surface area contributed by atoms with Gasteiger partial charge in [-0.25, -0.2) is 0 Å². The van der Waals surface area contributed by atoms with Gasteiger partial charge in [-0.1, -0.05) is 48.5 Å². The van der Waals surface area contributed by atoms with Crippen molar-refractivity contribution in [3.63, 3.8) is 0 Å². The Morgan fingerprint density at radius 1 is 0.893 bits per heavy atom. The number of carbonyl (C=O) groups is 3. The van der Waals surface area contributed by atoms with Gasteiger partial charge in [-0.2, -0.15) is 0 Å². The van der Waals surface area contributed by atoms with Crippen LogP contribution < -0.4 is 4.90 Å². The van der Waals surface area contributed by atoms with Crippen LogP contribution in [0, 0.1) is 0 Å². The molecular formula is C22H26N2O4. The Balaban J connectivity index is 2.40. The van der Waals surface area contributed by atoms with Crippen molar-refractivity contribution in [1.29, 1.82) is 0 Å². The maximum absolute atomic E-state index is 13.4. The third kappa shape index (κ3) is 5.42. The summed E-state index contributed by atoms with van der Waals surface area (Å²) >= 11 is 0. The van der Waals surface area contributed by atoms with Gasteiger partial charge in [-0.05, 0) is 26.0 Å². The minimum Gasteiger partial charge on any atom is -0.447 e. The van der Waals surface area contributed by atoms with Crippen LogP contribution in [0.5, 0.6) is 0 Å². The lowest BCUT2D eigenvalue weighted by molar-refractivity contribution is -0.153. The molecule has 0 fully saturated rings. The minimum absolute atomic E-state index is 0.130. The van der Waals surface area contributed by atoms with Crippen molar-refractivity contribution in [2.75, 3.05) is 24.5 Å². The quantitative estimate of drug-likeness (QED) is 0.658. The number of carbonyl (C=O) groups excluding carboxylic acids is 3. The molecule has 0 saturated heterocycles. The number of para-hydroxylation sites is 1. The van der Waals surface area contributed by atoms with Crippen molar-refractivity contribution >= 4 is 23.5 Å². The molecule has 0 aromatic heterocycles. The molecule has 0 aliphatic rings. The van der Waals surface area contributed by atoms with E-state index in [0.29, 0.717) is 24.3 Å². The van der Waals surface area contributed by atoms with Crippen molar-refractivity contribution in [2.45, 2.75) is 26.9 Å². The highest BCUT2D eigenvalue weighted by Crippen LogP contribution is 2.24. The summed E-state index contributed by atoms with van der Waals surface area (Å²) in [5.41, 5.74) is 1.13. The predicted molar refractivity (Wildman–Crippen MR) is 108 cm³/mol. The SMILES string of the molecule is CCN(CC)C(=O)CN(C(=O)C(OC(C)=O)c1ccccc1)c1ccccc1. The van der Waals surface area contributed by atoms with Crippen LogP contribution in [-0.2, 0) is 19.1 Å². The average Bonchev–Trinajstić information content (AvgIpc) is 2.72. The molecule has 2 aromatic rings. The number of hydrogen-bond acceptors (Lipinski definition) is 4. The third-order valence-electron chi connectivity index (χ3n) is 4.35. The Labute approximate surface area is 165 Å². The van der Waals surface area contributed by atoms with E-state index in [9.17, 15) is 14.4 Å². The van der Waals surface area contributed by atoms with E-state index >= 15 is 0 Å². The summed E-state index contributed by atoms with van der Waals surface area (Å²) in [4.78, 5) is 40.8. The number of likely N-dealkylation sites (N-methyl/N-ethyl adjacent to an activating group) is 1. The first-order valence-corrected chi connectivity index (χ1v) is 9.34. The molecule has 0 aliphatic heterocycles. The predicted octanol–water partition coefficient (Wildman–Crippen LogP) is 3.19. The van der Waals surface area contributed by atoms with E-state index < -0.39 is 18.0 Å². The van der Waals surface area contributed by atoms with E-state index in [0.717, 1.165) is 0 Å². The first kappa shape index (κ1) is 21.2. The van der Waals surface area contributed by atoms with Gasteiger partial charge in [0.15, 0.2) is 0 Å². The molecular weight excluding hydrogens is 356 g/mol. The lowest BCUT2D eigenvalue weighted by Crippen LogP contribution is -2.45. The number of anilines is 1. The van der Waals surface area contributed by atoms with Crippen molar-refractivity contribution in [3.05, 3.63) is 66.2 Å². The molecule has 2 amide bonds. The Morgan fingerprint density at radius 2 is 1.43 bits per heavy atom. The van der Waals surface area contributed by atoms with Gasteiger partial charge in [0.2, 0.25) is 12.0 Å². The van der Waals surface area contributed by atoms with Crippen molar-refractivity contribution in [2.24, 2.45) is 0 Å². The first-order chi connectivity index (χ1) is 13.5. The molecule has 0 aliphatic carbocycles. The monoisotopic (exact) mass is 382 g/mol. The molecule has 6 heteroatoms. The average molecular weight is 382 g/mol. The number of nitrogens with zero attached hydrogens (tertiary/aromatic N) is 2. The number of hydrogen-bond donors (Lipinski definition) is 0. The lowest BCUT2D eigenvalue weighted by atomic mass is 10.1. The molecule has 1 unspecified atom stereocenters. The Kier molecular flexibility index (Phi) is 7.75. The van der Waals surface area contributed by atoms with Gasteiger partial charge < -0.3 is 9.64 Å². The summed E-state index contributed by atoms with van der Waals surface area (Å²) in [6.07, 6.45) is -1.12. The van der Waals surface area contributed by atoms with E-state index in [-0.39, 0.29) is 12.5 Å². The molecule has 0 saturated carbocycles. The van der Waals surface area contributed by atoms with E-state index in [1.54, 1.807) is 53.4 Å². The second-order valence-corrected chi connectivity index (χ2v) is 6.23. The highest BCUT2D eigenvalue weighted by molar-refractivity contribution is 6.02. The van der Waals surface area contributed by atoms with Crippen molar-refractivity contribution in [3.8, 4) is 0 Å². The van der Waals surface area contributed by atoms with E-state index in [1.807, 2.05) is 26.0 Å². The second kappa shape index (κ2) is 10.3. The van der Waals surface area contributed by atoms with Gasteiger partial charge in [-0.3, -0.25) is 19.3 Å². The molecule has 1 atom stereocenters. The number of rotatable bonds is 8. The van der Waals surface area contributed by atoms with Crippen LogP contribution >= 0.6 is 0 Å². The van der Waals surface area contributed by atoms with Crippen LogP contribution in [0.3, 0.4) is 0 Å². The number of esters is 1. The summed E-state index contributed by atoms with van der Waals surface area (Å²) in [5.74, 6) is -1.20. The maximum atomic E-state index is 13.4. The highest BCUT2D eigenvalue weighted by Gasteiger charge is 2.31. The fourth-order valence-electron chi connectivity index (χ4n) is 2.91. The standard InChI is InChI=1S/C22H26N2O4/c1-4-23(5-2)20(26)16-24(19-14-10-7-11-15-19)22(27)21(28-17(3)25)18-12-8-6-9-13-18/h6-15,21H,4-5,16H2,1-3H3. The van der Waals surface area contributed by atoms with Gasteiger partial charge in [0.1, 0.15) is 6.54 Å². The topological polar surface area (TPSA) is 66.9 Å². The fraction of sp³-hybridized carbons (Fsp3) is 0.318. The zero-order valence-corrected chi connectivity index (χ0v) is 16.5. The molecule has 148 valence electrons. The van der Waals surface area contributed by atoms with E-state index in [2.05, 4.69) is 0 Å². The fourth-order valence-corrected chi connectivity index (χ4v) is 2.91. The largest absolute Gasteiger partial charge is 0.447 e. The molecule has 2 rings (SSSR count). The number of amides is 2. The van der Waals surface area contributed by atoms with E-state index in [4.69, 9.17) is 4.74 Å². The summed E-state index contributed by atoms with van der Waals surface area (Å²) in [7, 11) is 0. The van der Waals surface area contributed by atoms with Gasteiger partial charge in [0.25, 0.3) is 5.91 Å². The summed E-state index contributed by atoms with van der Waals surface area (Å²) in [5, 5.41) is 0. The van der Waals surface area contributed by atoms with Crippen LogP contribution in [0.1, 0.15) is 32.4 Å². The van der Waals surface area contributed by atoms with Crippen LogP contribution in [0.15, 0.2) is 60.7 Å². The van der Waals surface area contributed by atoms with Gasteiger partial charge in [0, 0.05) is 31.3 Å². The van der Waals surface area contributed by atoms with Crippen LogP contribution in [0.4, 0.5) is 5.69 Å². The molecule has 28 heavy (non-hydrogen) atoms. The van der Waals surface area contributed by atoms with Crippen LogP contribution in [0.2, 0.25) is 0 Å². The second-order valence-electron chi connectivity index (χ2n) is 6.23. The lowest BCUT2D eigenvalue weighted by Gasteiger charge is -2.29. The van der Waals surface area contributed by atoms with Gasteiger partial charge in [0.05, 0.1) is 0 Å². The minimum atomic E-state index is -1.12. The zero-order chi connectivity index (χ0) is 20.5. The van der Waals surface area contributed by atoms with Crippen LogP contribution in [-0.4, -0.2) is 42.3 Å². The van der Waals surface area contributed by atoms with Gasteiger partial charge >= 0.3 is 5.97 Å². The normalized spacial score (nSPS) is 11.4. The molecule has 0 spiro atoms. The molecule has 0 N–H and O–H groups in total. The smallest absolute Gasteiger partial charge is 0.303 e. The van der Waals surface area contributed by atoms with E-state index in [1.165, 1.54) is 11.8 Å². The zero-order valence-electron chi connectivity index (χ0n) is 16.5. The first-order valence-electron chi connectivity index (χ1n) is 9.34. The Hall–Kier alpha value is -3.15. The maximum Gasteiger partial charge on any atom is 0.303 e. The summed E-state index contributed by atoms with van der Waals surface area (Å²) < 4.78 is 5.34.